The van der Waals surface area contributed by atoms with Crippen LogP contribution >= 0.6 is 11.3 Å². The second-order valence-electron chi connectivity index (χ2n) is 4.07. The summed E-state index contributed by atoms with van der Waals surface area (Å²) >= 11 is 1.44. The maximum Gasteiger partial charge on any atom is 0.415 e. The molecule has 1 aromatic heterocycles. The first-order valence-corrected chi connectivity index (χ1v) is 7.92. The molecule has 0 bridgehead atoms. The van der Waals surface area contributed by atoms with E-state index in [-0.39, 0.29) is 6.61 Å². The summed E-state index contributed by atoms with van der Waals surface area (Å²) in [5.41, 5.74) is 1.07. The summed E-state index contributed by atoms with van der Waals surface area (Å²) in [5.74, 6) is 0. The van der Waals surface area contributed by atoms with Crippen LogP contribution in [-0.2, 0) is 19.0 Å². The van der Waals surface area contributed by atoms with E-state index in [0.717, 1.165) is 16.8 Å². The quantitative estimate of drug-likeness (QED) is 0.783. The Bertz CT molecular complexity index is 550. The maximum absolute atomic E-state index is 11.6. The molecule has 1 aliphatic heterocycles. The molecule has 0 spiro atoms. The van der Waals surface area contributed by atoms with Gasteiger partial charge in [-0.05, 0) is 23.9 Å². The first kappa shape index (κ1) is 13.3. The van der Waals surface area contributed by atoms with Crippen LogP contribution in [0.15, 0.2) is 11.4 Å². The van der Waals surface area contributed by atoms with Crippen molar-refractivity contribution in [3.05, 3.63) is 17.0 Å². The lowest BCUT2D eigenvalue weighted by Crippen LogP contribution is -2.25. The van der Waals surface area contributed by atoms with Gasteiger partial charge in [-0.2, -0.15) is 8.42 Å². The normalized spacial score (nSPS) is 20.2. The minimum atomic E-state index is -3.51. The van der Waals surface area contributed by atoms with Crippen LogP contribution in [0.25, 0.3) is 0 Å². The number of nitrogens with zero attached hydrogens (tertiary/aromatic N) is 1. The average molecular weight is 291 g/mol. The molecule has 0 saturated carbocycles. The molecule has 8 heteroatoms. The number of thiophene rings is 1. The van der Waals surface area contributed by atoms with Gasteiger partial charge in [0.15, 0.2) is 0 Å². The highest BCUT2D eigenvalue weighted by Crippen LogP contribution is 2.28. The molecule has 0 unspecified atom stereocenters. The SMILES string of the molecule is Cc1csc(N2C[C@H](COS(C)(=O)=O)OC2=O)c1. The van der Waals surface area contributed by atoms with Gasteiger partial charge in [-0.15, -0.1) is 11.3 Å². The topological polar surface area (TPSA) is 72.9 Å². The zero-order chi connectivity index (χ0) is 13.3. The fourth-order valence-electron chi connectivity index (χ4n) is 1.55. The molecule has 2 heterocycles. The number of hydrogen-bond acceptors (Lipinski definition) is 6. The average Bonchev–Trinajstić information content (AvgIpc) is 2.81. The van der Waals surface area contributed by atoms with E-state index in [1.807, 2.05) is 18.4 Å². The molecular weight excluding hydrogens is 278 g/mol. The number of rotatable bonds is 4. The van der Waals surface area contributed by atoms with Crippen molar-refractivity contribution in [3.8, 4) is 0 Å². The van der Waals surface area contributed by atoms with Crippen LogP contribution in [0.3, 0.4) is 0 Å². The fraction of sp³-hybridized carbons (Fsp3) is 0.500. The van der Waals surface area contributed by atoms with Crippen molar-refractivity contribution in [2.45, 2.75) is 13.0 Å². The zero-order valence-corrected chi connectivity index (χ0v) is 11.6. The highest BCUT2D eigenvalue weighted by molar-refractivity contribution is 7.85. The number of ether oxygens (including phenoxy) is 1. The van der Waals surface area contributed by atoms with E-state index in [0.29, 0.717) is 6.54 Å². The number of amides is 1. The van der Waals surface area contributed by atoms with E-state index in [1.54, 1.807) is 0 Å². The van der Waals surface area contributed by atoms with Crippen LogP contribution in [0.2, 0.25) is 0 Å². The lowest BCUT2D eigenvalue weighted by molar-refractivity contribution is 0.107. The Kier molecular flexibility index (Phi) is 3.60. The first-order valence-electron chi connectivity index (χ1n) is 5.23. The van der Waals surface area contributed by atoms with Crippen molar-refractivity contribution in [2.75, 3.05) is 24.3 Å². The summed E-state index contributed by atoms with van der Waals surface area (Å²) in [6.07, 6.45) is -0.0712. The third kappa shape index (κ3) is 3.21. The van der Waals surface area contributed by atoms with Gasteiger partial charge < -0.3 is 4.74 Å². The van der Waals surface area contributed by atoms with Gasteiger partial charge in [0.05, 0.1) is 12.8 Å². The zero-order valence-electron chi connectivity index (χ0n) is 9.95. The summed E-state index contributed by atoms with van der Waals surface area (Å²) in [4.78, 5) is 13.1. The lowest BCUT2D eigenvalue weighted by atomic mass is 10.3. The largest absolute Gasteiger partial charge is 0.441 e. The van der Waals surface area contributed by atoms with E-state index < -0.39 is 22.3 Å². The van der Waals surface area contributed by atoms with Gasteiger partial charge in [-0.1, -0.05) is 0 Å². The van der Waals surface area contributed by atoms with Crippen molar-refractivity contribution >= 4 is 32.5 Å². The first-order chi connectivity index (χ1) is 8.35. The molecule has 1 fully saturated rings. The molecule has 1 amide bonds. The van der Waals surface area contributed by atoms with Gasteiger partial charge in [0, 0.05) is 0 Å². The van der Waals surface area contributed by atoms with Crippen LogP contribution in [-0.4, -0.2) is 40.0 Å². The van der Waals surface area contributed by atoms with Crippen LogP contribution in [0, 0.1) is 6.92 Å². The Balaban J connectivity index is 1.99. The summed E-state index contributed by atoms with van der Waals surface area (Å²) in [5, 5.41) is 2.72. The van der Waals surface area contributed by atoms with Crippen molar-refractivity contribution in [3.63, 3.8) is 0 Å². The minimum absolute atomic E-state index is 0.147. The number of carbonyl (C=O) groups excluding carboxylic acids is 1. The van der Waals surface area contributed by atoms with E-state index in [2.05, 4.69) is 4.18 Å². The number of aryl methyl sites for hydroxylation is 1. The molecule has 2 rings (SSSR count). The van der Waals surface area contributed by atoms with Gasteiger partial charge in [-0.3, -0.25) is 9.08 Å². The van der Waals surface area contributed by atoms with Crippen LogP contribution < -0.4 is 4.90 Å². The molecule has 0 radical (unpaired) electrons. The smallest absolute Gasteiger partial charge is 0.415 e. The number of hydrogen-bond donors (Lipinski definition) is 0. The molecule has 0 aliphatic carbocycles. The molecule has 100 valence electrons. The van der Waals surface area contributed by atoms with Gasteiger partial charge in [0.2, 0.25) is 0 Å². The highest BCUT2D eigenvalue weighted by Gasteiger charge is 2.33. The van der Waals surface area contributed by atoms with Crippen LogP contribution in [0.5, 0.6) is 0 Å². The number of cyclic esters (lactones) is 1. The Morgan fingerprint density at radius 1 is 1.61 bits per heavy atom. The molecule has 1 saturated heterocycles. The Hall–Kier alpha value is -1.12. The van der Waals surface area contributed by atoms with Gasteiger partial charge in [-0.25, -0.2) is 4.79 Å². The maximum atomic E-state index is 11.6. The lowest BCUT2D eigenvalue weighted by Gasteiger charge is -2.09. The van der Waals surface area contributed by atoms with Crippen molar-refractivity contribution in [1.29, 1.82) is 0 Å². The summed E-state index contributed by atoms with van der Waals surface area (Å²) in [6.45, 7) is 2.09. The second-order valence-corrected chi connectivity index (χ2v) is 6.60. The second kappa shape index (κ2) is 4.87. The number of anilines is 1. The summed E-state index contributed by atoms with van der Waals surface area (Å²) < 4.78 is 31.4. The summed E-state index contributed by atoms with van der Waals surface area (Å²) in [6, 6.07) is 1.88. The molecule has 0 N–H and O–H groups in total. The van der Waals surface area contributed by atoms with E-state index in [9.17, 15) is 13.2 Å². The van der Waals surface area contributed by atoms with Crippen LogP contribution in [0.1, 0.15) is 5.56 Å². The van der Waals surface area contributed by atoms with Gasteiger partial charge in [0.25, 0.3) is 10.1 Å². The van der Waals surface area contributed by atoms with Crippen molar-refractivity contribution in [1.82, 2.24) is 0 Å². The van der Waals surface area contributed by atoms with E-state index in [4.69, 9.17) is 4.74 Å². The van der Waals surface area contributed by atoms with Crippen LogP contribution in [0.4, 0.5) is 9.80 Å². The Morgan fingerprint density at radius 2 is 2.33 bits per heavy atom. The third-order valence-electron chi connectivity index (χ3n) is 2.32. The van der Waals surface area contributed by atoms with E-state index >= 15 is 0 Å². The highest BCUT2D eigenvalue weighted by atomic mass is 32.2. The molecule has 0 aromatic carbocycles. The monoisotopic (exact) mass is 291 g/mol. The third-order valence-corrected chi connectivity index (χ3v) is 3.96. The predicted octanol–water partition coefficient (Wildman–Crippen LogP) is 1.36. The fourth-order valence-corrected chi connectivity index (χ4v) is 2.85. The molecule has 1 atom stereocenters. The van der Waals surface area contributed by atoms with Gasteiger partial charge >= 0.3 is 6.09 Å². The van der Waals surface area contributed by atoms with Crippen molar-refractivity contribution < 1.29 is 22.1 Å². The predicted molar refractivity (Wildman–Crippen MR) is 67.5 cm³/mol. The minimum Gasteiger partial charge on any atom is -0.441 e. The molecule has 1 aliphatic rings. The molecule has 18 heavy (non-hydrogen) atoms. The van der Waals surface area contributed by atoms with Crippen molar-refractivity contribution in [2.24, 2.45) is 0 Å². The Labute approximate surface area is 109 Å². The Morgan fingerprint density at radius 3 is 2.89 bits per heavy atom. The standard InChI is InChI=1S/C10H13NO5S2/c1-7-3-9(17-6-7)11-4-8(16-10(11)12)5-15-18(2,13)14/h3,6,8H,4-5H2,1-2H3/t8-/m1/s1. The molecular formula is C10H13NO5S2. The molecule has 6 nitrogen and oxygen atoms in total. The molecule has 1 aromatic rings. The van der Waals surface area contributed by atoms with E-state index in [1.165, 1.54) is 16.2 Å². The number of carbonyl (C=O) groups is 1. The van der Waals surface area contributed by atoms with Gasteiger partial charge in [0.1, 0.15) is 17.7 Å². The summed E-state index contributed by atoms with van der Waals surface area (Å²) in [7, 11) is -3.51.